The summed E-state index contributed by atoms with van der Waals surface area (Å²) in [6, 6.07) is 5.14. The molecule has 1 aliphatic heterocycles. The van der Waals surface area contributed by atoms with Crippen LogP contribution in [0.2, 0.25) is 0 Å². The Bertz CT molecular complexity index is 703. The van der Waals surface area contributed by atoms with E-state index in [4.69, 9.17) is 29.4 Å². The van der Waals surface area contributed by atoms with E-state index in [2.05, 4.69) is 6.58 Å². The van der Waals surface area contributed by atoms with Crippen molar-refractivity contribution in [2.45, 2.75) is 51.8 Å². The summed E-state index contributed by atoms with van der Waals surface area (Å²) in [6.45, 7) is 7.04. The third-order valence-corrected chi connectivity index (χ3v) is 3.90. The lowest BCUT2D eigenvalue weighted by atomic mass is 10.0. The van der Waals surface area contributed by atoms with Gasteiger partial charge in [0.1, 0.15) is 18.5 Å². The van der Waals surface area contributed by atoms with Gasteiger partial charge < -0.3 is 29.4 Å². The molecule has 0 radical (unpaired) electrons. The molecule has 148 valence electrons. The minimum atomic E-state index is -0.876. The van der Waals surface area contributed by atoms with Crippen molar-refractivity contribution in [1.82, 2.24) is 0 Å². The van der Waals surface area contributed by atoms with E-state index in [0.717, 1.165) is 5.56 Å². The molecule has 1 saturated heterocycles. The predicted octanol–water partition coefficient (Wildman–Crippen LogP) is 2.31. The first-order valence-electron chi connectivity index (χ1n) is 8.52. The largest absolute Gasteiger partial charge is 0.494 e. The number of nitrogen functional groups attached to an aromatic ring is 1. The number of hydrogen-bond acceptors (Lipinski definition) is 8. The summed E-state index contributed by atoms with van der Waals surface area (Å²) >= 11 is 0. The summed E-state index contributed by atoms with van der Waals surface area (Å²) in [4.78, 5) is 23.1. The van der Waals surface area contributed by atoms with Crippen molar-refractivity contribution in [3.05, 3.63) is 36.1 Å². The van der Waals surface area contributed by atoms with Crippen LogP contribution in [-0.2, 0) is 35.1 Å². The van der Waals surface area contributed by atoms with Crippen LogP contribution in [0, 0.1) is 0 Å². The molecule has 1 aromatic rings. The molecular weight excluding hydrogens is 354 g/mol. The molecule has 1 aromatic carbocycles. The van der Waals surface area contributed by atoms with Crippen LogP contribution < -0.4 is 10.5 Å². The van der Waals surface area contributed by atoms with Crippen molar-refractivity contribution in [2.24, 2.45) is 0 Å². The fraction of sp³-hybridized carbons (Fsp3) is 0.474. The van der Waals surface area contributed by atoms with Gasteiger partial charge in [-0.15, -0.1) is 0 Å². The monoisotopic (exact) mass is 379 g/mol. The highest BCUT2D eigenvalue weighted by atomic mass is 16.7. The number of anilines is 1. The predicted molar refractivity (Wildman–Crippen MR) is 96.6 cm³/mol. The van der Waals surface area contributed by atoms with E-state index in [9.17, 15) is 9.59 Å². The molecule has 0 aliphatic carbocycles. The minimum Gasteiger partial charge on any atom is -0.494 e. The molecule has 0 bridgehead atoms. The fourth-order valence-electron chi connectivity index (χ4n) is 2.66. The standard InChI is InChI=1S/C19H25NO7/c1-11(2)24-10-13-5-6-14(7-16(13)20)26-18-9-15(25-12(3)21)8-17(27-18)19(22)23-4/h5-7,15,17-18H,1,8-10,20H2,2-4H3/t15-,17-,18+/m0/s1. The Balaban J connectivity index is 2.07. The number of rotatable bonds is 7. The first-order valence-corrected chi connectivity index (χ1v) is 8.52. The highest BCUT2D eigenvalue weighted by Crippen LogP contribution is 2.28. The quantitative estimate of drug-likeness (QED) is 0.437. The summed E-state index contributed by atoms with van der Waals surface area (Å²) in [6.07, 6.45) is -1.67. The van der Waals surface area contributed by atoms with Gasteiger partial charge in [-0.3, -0.25) is 4.79 Å². The zero-order valence-electron chi connectivity index (χ0n) is 15.7. The van der Waals surface area contributed by atoms with Crippen molar-refractivity contribution in [1.29, 1.82) is 0 Å². The van der Waals surface area contributed by atoms with E-state index in [1.165, 1.54) is 14.0 Å². The number of carbonyl (C=O) groups is 2. The zero-order valence-corrected chi connectivity index (χ0v) is 15.7. The number of carbonyl (C=O) groups excluding carboxylic acids is 2. The third-order valence-electron chi connectivity index (χ3n) is 3.90. The van der Waals surface area contributed by atoms with Crippen LogP contribution in [0.5, 0.6) is 5.75 Å². The maximum atomic E-state index is 11.8. The minimum absolute atomic E-state index is 0.214. The highest BCUT2D eigenvalue weighted by Gasteiger charge is 2.37. The van der Waals surface area contributed by atoms with E-state index in [1.807, 2.05) is 0 Å². The van der Waals surface area contributed by atoms with Gasteiger partial charge in [-0.2, -0.15) is 0 Å². The van der Waals surface area contributed by atoms with E-state index >= 15 is 0 Å². The molecule has 2 N–H and O–H groups in total. The van der Waals surface area contributed by atoms with Gasteiger partial charge in [-0.05, 0) is 19.1 Å². The number of nitrogens with two attached hydrogens (primary N) is 1. The van der Waals surface area contributed by atoms with Crippen molar-refractivity contribution in [3.63, 3.8) is 0 Å². The van der Waals surface area contributed by atoms with Crippen molar-refractivity contribution < 1.29 is 33.3 Å². The lowest BCUT2D eigenvalue weighted by Crippen LogP contribution is -2.44. The highest BCUT2D eigenvalue weighted by molar-refractivity contribution is 5.74. The number of esters is 2. The van der Waals surface area contributed by atoms with Gasteiger partial charge in [0.05, 0.1) is 12.9 Å². The SMILES string of the molecule is C=C(C)OCc1ccc(O[C@H]2C[C@@H](OC(C)=O)C[C@@H](C(=O)OC)O2)cc1N. The smallest absolute Gasteiger partial charge is 0.335 e. The van der Waals surface area contributed by atoms with Crippen LogP contribution in [0.4, 0.5) is 5.69 Å². The second-order valence-corrected chi connectivity index (χ2v) is 6.25. The van der Waals surface area contributed by atoms with Gasteiger partial charge in [-0.25, -0.2) is 4.79 Å². The molecule has 0 amide bonds. The molecule has 0 saturated carbocycles. The Labute approximate surface area is 158 Å². The van der Waals surface area contributed by atoms with Crippen LogP contribution in [0.1, 0.15) is 32.3 Å². The fourth-order valence-corrected chi connectivity index (χ4v) is 2.66. The lowest BCUT2D eigenvalue weighted by Gasteiger charge is -2.33. The maximum Gasteiger partial charge on any atom is 0.335 e. The van der Waals surface area contributed by atoms with Crippen LogP contribution in [-0.4, -0.2) is 37.5 Å². The molecule has 1 aliphatic rings. The van der Waals surface area contributed by atoms with Crippen molar-refractivity contribution in [3.8, 4) is 5.75 Å². The molecule has 0 spiro atoms. The van der Waals surface area contributed by atoms with Gasteiger partial charge in [0.15, 0.2) is 6.10 Å². The summed E-state index contributed by atoms with van der Waals surface area (Å²) in [5.41, 5.74) is 7.31. The van der Waals surface area contributed by atoms with Crippen LogP contribution in [0.15, 0.2) is 30.5 Å². The Kier molecular flexibility index (Phi) is 7.06. The van der Waals surface area contributed by atoms with Crippen molar-refractivity contribution in [2.75, 3.05) is 12.8 Å². The number of ether oxygens (including phenoxy) is 5. The van der Waals surface area contributed by atoms with Gasteiger partial charge in [0.2, 0.25) is 6.29 Å². The van der Waals surface area contributed by atoms with Gasteiger partial charge in [0.25, 0.3) is 0 Å². The second-order valence-electron chi connectivity index (χ2n) is 6.25. The van der Waals surface area contributed by atoms with Crippen LogP contribution in [0.25, 0.3) is 0 Å². The molecule has 2 rings (SSSR count). The van der Waals surface area contributed by atoms with Gasteiger partial charge >= 0.3 is 11.9 Å². The van der Waals surface area contributed by atoms with E-state index in [0.29, 0.717) is 23.8 Å². The van der Waals surface area contributed by atoms with Crippen LogP contribution >= 0.6 is 0 Å². The van der Waals surface area contributed by atoms with Crippen LogP contribution in [0.3, 0.4) is 0 Å². The Morgan fingerprint density at radius 1 is 1.30 bits per heavy atom. The lowest BCUT2D eigenvalue weighted by molar-refractivity contribution is -0.204. The molecule has 1 heterocycles. The zero-order chi connectivity index (χ0) is 20.0. The van der Waals surface area contributed by atoms with Gasteiger partial charge in [-0.1, -0.05) is 6.58 Å². The molecule has 8 nitrogen and oxygen atoms in total. The maximum absolute atomic E-state index is 11.8. The molecular formula is C19H25NO7. The number of allylic oxidation sites excluding steroid dienone is 1. The average molecular weight is 379 g/mol. The number of benzene rings is 1. The molecule has 1 fully saturated rings. The van der Waals surface area contributed by atoms with E-state index in [1.54, 1.807) is 25.1 Å². The number of methoxy groups -OCH3 is 1. The average Bonchev–Trinajstić information content (AvgIpc) is 2.59. The normalized spacial score (nSPS) is 21.8. The third kappa shape index (κ3) is 6.18. The molecule has 8 heteroatoms. The summed E-state index contributed by atoms with van der Waals surface area (Å²) in [5.74, 6) is 0.0713. The van der Waals surface area contributed by atoms with E-state index < -0.39 is 30.4 Å². The first-order chi connectivity index (χ1) is 12.8. The summed E-state index contributed by atoms with van der Waals surface area (Å²) in [7, 11) is 1.27. The first kappa shape index (κ1) is 20.6. The summed E-state index contributed by atoms with van der Waals surface area (Å²) < 4.78 is 26.7. The Hall–Kier alpha value is -2.74. The Morgan fingerprint density at radius 3 is 2.63 bits per heavy atom. The Morgan fingerprint density at radius 2 is 2.04 bits per heavy atom. The molecule has 27 heavy (non-hydrogen) atoms. The summed E-state index contributed by atoms with van der Waals surface area (Å²) in [5, 5.41) is 0. The van der Waals surface area contributed by atoms with E-state index in [-0.39, 0.29) is 12.8 Å². The topological polar surface area (TPSA) is 106 Å². The van der Waals surface area contributed by atoms with Gasteiger partial charge in [0, 0.05) is 37.1 Å². The number of hydrogen-bond donors (Lipinski definition) is 1. The molecule has 0 aromatic heterocycles. The second kappa shape index (κ2) is 9.27. The molecule has 0 unspecified atom stereocenters. The van der Waals surface area contributed by atoms with Crippen molar-refractivity contribution >= 4 is 17.6 Å². The molecule has 3 atom stereocenters.